The van der Waals surface area contributed by atoms with Crippen molar-refractivity contribution in [2.24, 2.45) is 0 Å². The number of carbonyl (C=O) groups excluding carboxylic acids is 3. The highest BCUT2D eigenvalue weighted by Crippen LogP contribution is 2.14. The number of esters is 3. The molecule has 0 fully saturated rings. The molecule has 6 nitrogen and oxygen atoms in total. The summed E-state index contributed by atoms with van der Waals surface area (Å²) in [5.41, 5.74) is 0. The minimum atomic E-state index is -0.776. The highest BCUT2D eigenvalue weighted by atomic mass is 16.6. The van der Waals surface area contributed by atoms with Crippen molar-refractivity contribution in [2.45, 2.75) is 245 Å². The van der Waals surface area contributed by atoms with Crippen LogP contribution in [-0.4, -0.2) is 37.2 Å². The molecular formula is C49H88O6. The highest BCUT2D eigenvalue weighted by Gasteiger charge is 2.19. The Labute approximate surface area is 340 Å². The number of rotatable bonds is 42. The molecule has 6 heteroatoms. The first-order valence-corrected chi connectivity index (χ1v) is 23.5. The van der Waals surface area contributed by atoms with Gasteiger partial charge in [0.2, 0.25) is 0 Å². The van der Waals surface area contributed by atoms with Gasteiger partial charge in [0.05, 0.1) is 0 Å². The van der Waals surface area contributed by atoms with Crippen LogP contribution < -0.4 is 0 Å². The summed E-state index contributed by atoms with van der Waals surface area (Å²) >= 11 is 0. The van der Waals surface area contributed by atoms with E-state index >= 15 is 0 Å². The first kappa shape index (κ1) is 52.6. The molecule has 0 aromatic rings. The molecule has 0 bridgehead atoms. The fourth-order valence-corrected chi connectivity index (χ4v) is 6.51. The molecule has 0 spiro atoms. The van der Waals surface area contributed by atoms with Crippen LogP contribution in [0.15, 0.2) is 36.5 Å². The van der Waals surface area contributed by atoms with Gasteiger partial charge in [-0.05, 0) is 70.6 Å². The zero-order chi connectivity index (χ0) is 40.1. The zero-order valence-corrected chi connectivity index (χ0v) is 36.4. The Kier molecular flexibility index (Phi) is 42.4. The van der Waals surface area contributed by atoms with Crippen LogP contribution in [0.5, 0.6) is 0 Å². The van der Waals surface area contributed by atoms with Gasteiger partial charge in [0.25, 0.3) is 0 Å². The van der Waals surface area contributed by atoms with E-state index in [0.717, 1.165) is 89.9 Å². The van der Waals surface area contributed by atoms with E-state index in [4.69, 9.17) is 14.2 Å². The molecule has 0 aromatic carbocycles. The Hall–Kier alpha value is -2.37. The van der Waals surface area contributed by atoms with E-state index in [1.54, 1.807) is 0 Å². The number of hydrogen-bond acceptors (Lipinski definition) is 6. The average molecular weight is 773 g/mol. The molecule has 0 saturated heterocycles. The molecule has 320 valence electrons. The number of hydrogen-bond donors (Lipinski definition) is 0. The van der Waals surface area contributed by atoms with Crippen molar-refractivity contribution >= 4 is 17.9 Å². The van der Waals surface area contributed by atoms with Crippen molar-refractivity contribution in [3.63, 3.8) is 0 Å². The Bertz CT molecular complexity index is 938. The van der Waals surface area contributed by atoms with Crippen molar-refractivity contribution in [2.75, 3.05) is 13.2 Å². The monoisotopic (exact) mass is 773 g/mol. The van der Waals surface area contributed by atoms with Gasteiger partial charge >= 0.3 is 17.9 Å². The van der Waals surface area contributed by atoms with E-state index in [0.29, 0.717) is 19.3 Å². The molecule has 0 amide bonds. The smallest absolute Gasteiger partial charge is 0.306 e. The standard InChI is InChI=1S/C49H88O6/c1-4-7-10-13-16-19-21-23-25-27-30-33-36-39-42-48(51)54-45-46(44-53-47(50)41-38-35-32-29-18-15-12-9-6-3)55-49(52)43-40-37-34-31-28-26-24-22-20-17-14-11-8-5-2/h13,16,21-24,46H,4-12,14-15,17-20,25-45H2,1-3H3/b16-13-,23-21-,24-22-/t46-/m1/s1. The minimum Gasteiger partial charge on any atom is -0.462 e. The molecule has 0 aliphatic rings. The third kappa shape index (κ3) is 42.6. The molecule has 0 aliphatic heterocycles. The summed E-state index contributed by atoms with van der Waals surface area (Å²) < 4.78 is 16.7. The van der Waals surface area contributed by atoms with Gasteiger partial charge < -0.3 is 14.2 Å². The average Bonchev–Trinajstić information content (AvgIpc) is 3.18. The van der Waals surface area contributed by atoms with Crippen LogP contribution in [0.25, 0.3) is 0 Å². The topological polar surface area (TPSA) is 78.9 Å². The summed E-state index contributed by atoms with van der Waals surface area (Å²) in [4.78, 5) is 37.7. The van der Waals surface area contributed by atoms with Crippen molar-refractivity contribution < 1.29 is 28.6 Å². The highest BCUT2D eigenvalue weighted by molar-refractivity contribution is 5.71. The van der Waals surface area contributed by atoms with Gasteiger partial charge in [-0.2, -0.15) is 0 Å². The van der Waals surface area contributed by atoms with Gasteiger partial charge in [-0.25, -0.2) is 0 Å². The Morgan fingerprint density at radius 1 is 0.364 bits per heavy atom. The van der Waals surface area contributed by atoms with Crippen LogP contribution in [0.4, 0.5) is 0 Å². The molecule has 0 saturated carbocycles. The van der Waals surface area contributed by atoms with E-state index in [9.17, 15) is 14.4 Å². The van der Waals surface area contributed by atoms with Crippen LogP contribution in [0.3, 0.4) is 0 Å². The lowest BCUT2D eigenvalue weighted by Gasteiger charge is -2.18. The van der Waals surface area contributed by atoms with Gasteiger partial charge in [0, 0.05) is 19.3 Å². The quantitative estimate of drug-likeness (QED) is 0.0266. The second-order valence-electron chi connectivity index (χ2n) is 15.7. The molecule has 0 aromatic heterocycles. The Morgan fingerprint density at radius 3 is 1.07 bits per heavy atom. The molecule has 0 aliphatic carbocycles. The van der Waals surface area contributed by atoms with Crippen LogP contribution in [0.1, 0.15) is 239 Å². The van der Waals surface area contributed by atoms with Crippen molar-refractivity contribution in [1.82, 2.24) is 0 Å². The molecule has 0 N–H and O–H groups in total. The summed E-state index contributed by atoms with van der Waals surface area (Å²) in [7, 11) is 0. The number of allylic oxidation sites excluding steroid dienone is 6. The van der Waals surface area contributed by atoms with Crippen molar-refractivity contribution in [3.8, 4) is 0 Å². The van der Waals surface area contributed by atoms with Gasteiger partial charge in [0.1, 0.15) is 13.2 Å². The number of carbonyl (C=O) groups is 3. The third-order valence-corrected chi connectivity index (χ3v) is 10.1. The SMILES string of the molecule is CCCC/C=C\C/C=C\CCCCCCCC(=O)OC[C@@H](COC(=O)CCCCCCCCCCC)OC(=O)CCCCCCC/C=C\CCCCCCC. The maximum absolute atomic E-state index is 12.7. The van der Waals surface area contributed by atoms with Crippen molar-refractivity contribution in [1.29, 1.82) is 0 Å². The first-order valence-electron chi connectivity index (χ1n) is 23.5. The van der Waals surface area contributed by atoms with E-state index in [2.05, 4.69) is 57.2 Å². The molecular weight excluding hydrogens is 685 g/mol. The van der Waals surface area contributed by atoms with Gasteiger partial charge in [0.15, 0.2) is 6.10 Å². The molecule has 55 heavy (non-hydrogen) atoms. The van der Waals surface area contributed by atoms with Crippen LogP contribution in [0.2, 0.25) is 0 Å². The van der Waals surface area contributed by atoms with E-state index < -0.39 is 6.10 Å². The summed E-state index contributed by atoms with van der Waals surface area (Å²) in [6, 6.07) is 0. The van der Waals surface area contributed by atoms with Gasteiger partial charge in [-0.15, -0.1) is 0 Å². The lowest BCUT2D eigenvalue weighted by atomic mass is 10.1. The molecule has 0 unspecified atom stereocenters. The van der Waals surface area contributed by atoms with Crippen molar-refractivity contribution in [3.05, 3.63) is 36.5 Å². The van der Waals surface area contributed by atoms with E-state index in [1.807, 2.05) is 0 Å². The van der Waals surface area contributed by atoms with E-state index in [1.165, 1.54) is 109 Å². The maximum Gasteiger partial charge on any atom is 0.306 e. The zero-order valence-electron chi connectivity index (χ0n) is 36.4. The second-order valence-corrected chi connectivity index (χ2v) is 15.7. The minimum absolute atomic E-state index is 0.0782. The largest absolute Gasteiger partial charge is 0.462 e. The van der Waals surface area contributed by atoms with Crippen LogP contribution >= 0.6 is 0 Å². The lowest BCUT2D eigenvalue weighted by Crippen LogP contribution is -2.30. The normalized spacial score (nSPS) is 12.3. The van der Waals surface area contributed by atoms with Gasteiger partial charge in [-0.1, -0.05) is 186 Å². The predicted molar refractivity (Wildman–Crippen MR) is 233 cm³/mol. The maximum atomic E-state index is 12.7. The van der Waals surface area contributed by atoms with Crippen LogP contribution in [0, 0.1) is 0 Å². The molecule has 1 atom stereocenters. The van der Waals surface area contributed by atoms with E-state index in [-0.39, 0.29) is 31.1 Å². The number of unbranched alkanes of at least 4 members (excludes halogenated alkanes) is 25. The number of ether oxygens (including phenoxy) is 3. The second kappa shape index (κ2) is 44.3. The predicted octanol–water partition coefficient (Wildman–Crippen LogP) is 15.0. The molecule has 0 radical (unpaired) electrons. The Morgan fingerprint density at radius 2 is 0.673 bits per heavy atom. The fraction of sp³-hybridized carbons (Fsp3) is 0.816. The summed E-state index contributed by atoms with van der Waals surface area (Å²) in [5, 5.41) is 0. The molecule has 0 rings (SSSR count). The lowest BCUT2D eigenvalue weighted by molar-refractivity contribution is -0.167. The summed E-state index contributed by atoms with van der Waals surface area (Å²) in [5.74, 6) is -0.901. The van der Waals surface area contributed by atoms with Gasteiger partial charge in [-0.3, -0.25) is 14.4 Å². The third-order valence-electron chi connectivity index (χ3n) is 10.1. The summed E-state index contributed by atoms with van der Waals surface area (Å²) in [6.45, 7) is 6.55. The first-order chi connectivity index (χ1) is 27.0. The Balaban J connectivity index is 4.38. The fourth-order valence-electron chi connectivity index (χ4n) is 6.51. The molecule has 0 heterocycles. The summed E-state index contributed by atoms with van der Waals surface area (Å²) in [6.07, 6.45) is 49.8. The van der Waals surface area contributed by atoms with Crippen LogP contribution in [-0.2, 0) is 28.6 Å².